The molecule has 3 rings (SSSR count). The SMILES string of the molecule is Cc1cc(N2CCN(CC3CC3)CC2)nc(N)n1. The molecule has 1 saturated carbocycles. The first-order valence-electron chi connectivity index (χ1n) is 6.79. The van der Waals surface area contributed by atoms with Crippen molar-refractivity contribution in [3.63, 3.8) is 0 Å². The lowest BCUT2D eigenvalue weighted by Crippen LogP contribution is -2.47. The van der Waals surface area contributed by atoms with Crippen molar-refractivity contribution in [1.82, 2.24) is 14.9 Å². The van der Waals surface area contributed by atoms with Crippen LogP contribution < -0.4 is 10.6 Å². The third kappa shape index (κ3) is 2.72. The lowest BCUT2D eigenvalue weighted by molar-refractivity contribution is 0.247. The number of anilines is 2. The second kappa shape index (κ2) is 4.72. The van der Waals surface area contributed by atoms with Gasteiger partial charge in [-0.25, -0.2) is 4.98 Å². The molecule has 5 nitrogen and oxygen atoms in total. The maximum absolute atomic E-state index is 5.71. The molecule has 1 aliphatic heterocycles. The minimum Gasteiger partial charge on any atom is -0.368 e. The summed E-state index contributed by atoms with van der Waals surface area (Å²) in [5.74, 6) is 2.34. The fourth-order valence-electron chi connectivity index (χ4n) is 2.56. The first-order valence-corrected chi connectivity index (χ1v) is 6.79. The van der Waals surface area contributed by atoms with Gasteiger partial charge in [0, 0.05) is 44.5 Å². The Balaban J connectivity index is 1.60. The summed E-state index contributed by atoms with van der Waals surface area (Å²) >= 11 is 0. The Hall–Kier alpha value is -1.36. The molecule has 1 aromatic heterocycles. The van der Waals surface area contributed by atoms with Crippen molar-refractivity contribution in [2.24, 2.45) is 5.92 Å². The predicted molar refractivity (Wildman–Crippen MR) is 72.6 cm³/mol. The van der Waals surface area contributed by atoms with Gasteiger partial charge in [0.1, 0.15) is 5.82 Å². The predicted octanol–water partition coefficient (Wildman–Crippen LogP) is 0.899. The fraction of sp³-hybridized carbons (Fsp3) is 0.692. The van der Waals surface area contributed by atoms with Gasteiger partial charge < -0.3 is 10.6 Å². The highest BCUT2D eigenvalue weighted by Crippen LogP contribution is 2.30. The van der Waals surface area contributed by atoms with E-state index in [1.54, 1.807) is 0 Å². The van der Waals surface area contributed by atoms with Crippen LogP contribution in [0, 0.1) is 12.8 Å². The Kier molecular flexibility index (Phi) is 3.07. The van der Waals surface area contributed by atoms with Crippen LogP contribution in [0.3, 0.4) is 0 Å². The number of nitrogens with zero attached hydrogens (tertiary/aromatic N) is 4. The van der Waals surface area contributed by atoms with Crippen molar-refractivity contribution in [2.45, 2.75) is 19.8 Å². The summed E-state index contributed by atoms with van der Waals surface area (Å²) in [7, 11) is 0. The van der Waals surface area contributed by atoms with Gasteiger partial charge in [-0.3, -0.25) is 4.90 Å². The number of piperazine rings is 1. The van der Waals surface area contributed by atoms with E-state index in [0.29, 0.717) is 5.95 Å². The first kappa shape index (κ1) is 11.7. The smallest absolute Gasteiger partial charge is 0.222 e. The van der Waals surface area contributed by atoms with Gasteiger partial charge in [0.2, 0.25) is 5.95 Å². The lowest BCUT2D eigenvalue weighted by Gasteiger charge is -2.35. The Morgan fingerprint density at radius 3 is 2.56 bits per heavy atom. The van der Waals surface area contributed by atoms with Crippen molar-refractivity contribution in [2.75, 3.05) is 43.4 Å². The number of nitrogens with two attached hydrogens (primary N) is 1. The Bertz CT molecular complexity index is 401. The van der Waals surface area contributed by atoms with Crippen molar-refractivity contribution in [1.29, 1.82) is 0 Å². The van der Waals surface area contributed by atoms with E-state index >= 15 is 0 Å². The van der Waals surface area contributed by atoms with Gasteiger partial charge in [-0.15, -0.1) is 0 Å². The molecule has 0 aromatic carbocycles. The molecule has 5 heteroatoms. The summed E-state index contributed by atoms with van der Waals surface area (Å²) in [4.78, 5) is 13.3. The van der Waals surface area contributed by atoms with Gasteiger partial charge in [0.05, 0.1) is 0 Å². The van der Waals surface area contributed by atoms with E-state index in [9.17, 15) is 0 Å². The Labute approximate surface area is 108 Å². The van der Waals surface area contributed by atoms with Crippen LogP contribution in [0.4, 0.5) is 11.8 Å². The van der Waals surface area contributed by atoms with Crippen LogP contribution in [0.25, 0.3) is 0 Å². The first-order chi connectivity index (χ1) is 8.70. The summed E-state index contributed by atoms with van der Waals surface area (Å²) in [5, 5.41) is 0. The molecular formula is C13H21N5. The highest BCUT2D eigenvalue weighted by molar-refractivity contribution is 5.43. The molecular weight excluding hydrogens is 226 g/mol. The molecule has 0 radical (unpaired) electrons. The molecule has 98 valence electrons. The van der Waals surface area contributed by atoms with Crippen LogP contribution in [-0.2, 0) is 0 Å². The molecule has 18 heavy (non-hydrogen) atoms. The topological polar surface area (TPSA) is 58.3 Å². The van der Waals surface area contributed by atoms with E-state index in [0.717, 1.165) is 43.6 Å². The molecule has 2 aliphatic rings. The van der Waals surface area contributed by atoms with E-state index in [-0.39, 0.29) is 0 Å². The maximum atomic E-state index is 5.71. The maximum Gasteiger partial charge on any atom is 0.222 e. The summed E-state index contributed by atoms with van der Waals surface area (Å²) in [6.45, 7) is 7.62. The molecule has 0 bridgehead atoms. The van der Waals surface area contributed by atoms with Gasteiger partial charge in [0.25, 0.3) is 0 Å². The zero-order valence-corrected chi connectivity index (χ0v) is 11.0. The van der Waals surface area contributed by atoms with Crippen LogP contribution in [0.1, 0.15) is 18.5 Å². The van der Waals surface area contributed by atoms with E-state index in [2.05, 4.69) is 19.8 Å². The third-order valence-electron chi connectivity index (χ3n) is 3.77. The molecule has 1 aromatic rings. The fourth-order valence-corrected chi connectivity index (χ4v) is 2.56. The zero-order valence-electron chi connectivity index (χ0n) is 11.0. The largest absolute Gasteiger partial charge is 0.368 e. The molecule has 0 spiro atoms. The van der Waals surface area contributed by atoms with Crippen molar-refractivity contribution < 1.29 is 0 Å². The number of hydrogen-bond acceptors (Lipinski definition) is 5. The second-order valence-electron chi connectivity index (χ2n) is 5.46. The minimum atomic E-state index is 0.380. The molecule has 2 N–H and O–H groups in total. The average Bonchev–Trinajstić information content (AvgIpc) is 3.12. The van der Waals surface area contributed by atoms with Crippen molar-refractivity contribution in [3.8, 4) is 0 Å². The quantitative estimate of drug-likeness (QED) is 0.860. The molecule has 1 saturated heterocycles. The number of aryl methyl sites for hydroxylation is 1. The summed E-state index contributed by atoms with van der Waals surface area (Å²) in [6.07, 6.45) is 2.86. The summed E-state index contributed by atoms with van der Waals surface area (Å²) in [6, 6.07) is 2.02. The highest BCUT2D eigenvalue weighted by atomic mass is 15.3. The monoisotopic (exact) mass is 247 g/mol. The standard InChI is InChI=1S/C13H21N5/c1-10-8-12(16-13(14)15-10)18-6-4-17(5-7-18)9-11-2-3-11/h8,11H,2-7,9H2,1H3,(H2,14,15,16). The Morgan fingerprint density at radius 1 is 1.22 bits per heavy atom. The third-order valence-corrected chi connectivity index (χ3v) is 3.77. The lowest BCUT2D eigenvalue weighted by atomic mass is 10.2. The molecule has 0 atom stereocenters. The summed E-state index contributed by atoms with van der Waals surface area (Å²) < 4.78 is 0. The van der Waals surface area contributed by atoms with Crippen molar-refractivity contribution >= 4 is 11.8 Å². The van der Waals surface area contributed by atoms with Gasteiger partial charge in [-0.1, -0.05) is 0 Å². The Morgan fingerprint density at radius 2 is 1.94 bits per heavy atom. The highest BCUT2D eigenvalue weighted by Gasteiger charge is 2.26. The molecule has 0 amide bonds. The summed E-state index contributed by atoms with van der Waals surface area (Å²) in [5.41, 5.74) is 6.65. The van der Waals surface area contributed by atoms with E-state index < -0.39 is 0 Å². The van der Waals surface area contributed by atoms with Crippen LogP contribution >= 0.6 is 0 Å². The number of rotatable bonds is 3. The molecule has 1 aliphatic carbocycles. The van der Waals surface area contributed by atoms with Crippen LogP contribution in [0.5, 0.6) is 0 Å². The van der Waals surface area contributed by atoms with Gasteiger partial charge in [-0.2, -0.15) is 4.98 Å². The van der Waals surface area contributed by atoms with E-state index in [1.807, 2.05) is 13.0 Å². The van der Waals surface area contributed by atoms with Crippen LogP contribution in [0.2, 0.25) is 0 Å². The van der Waals surface area contributed by atoms with Gasteiger partial charge in [0.15, 0.2) is 0 Å². The van der Waals surface area contributed by atoms with E-state index in [4.69, 9.17) is 5.73 Å². The average molecular weight is 247 g/mol. The van der Waals surface area contributed by atoms with Crippen LogP contribution in [0.15, 0.2) is 6.07 Å². The normalized spacial score (nSPS) is 21.3. The minimum absolute atomic E-state index is 0.380. The molecule has 2 fully saturated rings. The van der Waals surface area contributed by atoms with Crippen molar-refractivity contribution in [3.05, 3.63) is 11.8 Å². The van der Waals surface area contributed by atoms with Gasteiger partial charge >= 0.3 is 0 Å². The van der Waals surface area contributed by atoms with E-state index in [1.165, 1.54) is 19.4 Å². The number of nitrogen functional groups attached to an aromatic ring is 1. The molecule has 0 unspecified atom stereocenters. The second-order valence-corrected chi connectivity index (χ2v) is 5.46. The van der Waals surface area contributed by atoms with Gasteiger partial charge in [-0.05, 0) is 25.7 Å². The number of hydrogen-bond donors (Lipinski definition) is 1. The zero-order chi connectivity index (χ0) is 12.5. The molecule has 2 heterocycles. The number of aromatic nitrogens is 2. The van der Waals surface area contributed by atoms with Crippen LogP contribution in [-0.4, -0.2) is 47.6 Å².